The first-order valence-corrected chi connectivity index (χ1v) is 7.87. The Hall–Kier alpha value is -0.0800. The van der Waals surface area contributed by atoms with Gasteiger partial charge in [-0.05, 0) is 37.8 Å². The van der Waals surface area contributed by atoms with Gasteiger partial charge in [0, 0.05) is 19.1 Å². The van der Waals surface area contributed by atoms with Gasteiger partial charge in [-0.1, -0.05) is 48.0 Å². The molecule has 0 aliphatic rings. The third-order valence-corrected chi connectivity index (χ3v) is 2.95. The average molecular weight is 256 g/mol. The summed E-state index contributed by atoms with van der Waals surface area (Å²) in [6.45, 7) is 18.7. The molecule has 0 aliphatic heterocycles. The number of hydrogen-bond donors (Lipinski definition) is 1. The van der Waals surface area contributed by atoms with E-state index in [1.54, 1.807) is 0 Å². The second-order valence-electron chi connectivity index (χ2n) is 6.72. The van der Waals surface area contributed by atoms with Gasteiger partial charge in [0.15, 0.2) is 0 Å². The topological polar surface area (TPSA) is 15.3 Å². The lowest BCUT2D eigenvalue weighted by Crippen LogP contribution is -2.32. The maximum atomic E-state index is 3.48. The van der Waals surface area contributed by atoms with E-state index in [1.807, 2.05) is 0 Å². The number of unbranched alkanes of at least 4 members (excludes halogenated alkanes) is 2. The summed E-state index contributed by atoms with van der Waals surface area (Å²) in [7, 11) is 0. The van der Waals surface area contributed by atoms with E-state index in [1.165, 1.54) is 45.4 Å². The number of hydrogen-bond acceptors (Lipinski definition) is 2. The summed E-state index contributed by atoms with van der Waals surface area (Å²) in [5, 5.41) is 3.48. The first kappa shape index (κ1) is 17.9. The molecule has 0 fully saturated rings. The molecule has 0 amide bonds. The van der Waals surface area contributed by atoms with Crippen LogP contribution in [0.2, 0.25) is 0 Å². The van der Waals surface area contributed by atoms with Gasteiger partial charge in [-0.15, -0.1) is 0 Å². The Labute approximate surface area is 116 Å². The van der Waals surface area contributed by atoms with Crippen LogP contribution < -0.4 is 5.32 Å². The lowest BCUT2D eigenvalue weighted by Gasteiger charge is -2.26. The van der Waals surface area contributed by atoms with Gasteiger partial charge in [0.25, 0.3) is 0 Å². The fourth-order valence-corrected chi connectivity index (χ4v) is 2.32. The Balaban J connectivity index is 3.62. The monoisotopic (exact) mass is 256 g/mol. The zero-order valence-corrected chi connectivity index (χ0v) is 13.6. The second-order valence-corrected chi connectivity index (χ2v) is 6.72. The van der Waals surface area contributed by atoms with Gasteiger partial charge in [-0.2, -0.15) is 0 Å². The number of nitrogens with zero attached hydrogens (tertiary/aromatic N) is 1. The van der Waals surface area contributed by atoms with Crippen molar-refractivity contribution in [2.75, 3.05) is 26.2 Å². The Morgan fingerprint density at radius 3 is 1.78 bits per heavy atom. The van der Waals surface area contributed by atoms with Crippen molar-refractivity contribution in [1.82, 2.24) is 10.2 Å². The van der Waals surface area contributed by atoms with Crippen molar-refractivity contribution >= 4 is 0 Å². The summed E-state index contributed by atoms with van der Waals surface area (Å²) in [6, 6.07) is 0.628. The Morgan fingerprint density at radius 1 is 0.778 bits per heavy atom. The summed E-state index contributed by atoms with van der Waals surface area (Å²) in [4.78, 5) is 2.64. The van der Waals surface area contributed by atoms with Crippen molar-refractivity contribution in [3.63, 3.8) is 0 Å². The van der Waals surface area contributed by atoms with E-state index in [0.717, 1.165) is 11.8 Å². The highest BCUT2D eigenvalue weighted by atomic mass is 15.1. The third kappa shape index (κ3) is 12.4. The summed E-state index contributed by atoms with van der Waals surface area (Å²) in [6.07, 6.45) is 4.01. The molecule has 0 atom stereocenters. The van der Waals surface area contributed by atoms with Crippen molar-refractivity contribution in [2.45, 2.75) is 66.8 Å². The first-order chi connectivity index (χ1) is 8.41. The van der Waals surface area contributed by atoms with Gasteiger partial charge in [-0.25, -0.2) is 0 Å². The Morgan fingerprint density at radius 2 is 1.33 bits per heavy atom. The minimum Gasteiger partial charge on any atom is -0.315 e. The predicted molar refractivity (Wildman–Crippen MR) is 83.1 cm³/mol. The molecule has 0 heterocycles. The molecule has 0 radical (unpaired) electrons. The quantitative estimate of drug-likeness (QED) is 0.566. The van der Waals surface area contributed by atoms with Crippen LogP contribution in [0.1, 0.15) is 60.8 Å². The minimum absolute atomic E-state index is 0.628. The van der Waals surface area contributed by atoms with Gasteiger partial charge in [0.1, 0.15) is 0 Å². The number of rotatable bonds is 11. The molecule has 0 spiro atoms. The maximum Gasteiger partial charge on any atom is 0.00103 e. The van der Waals surface area contributed by atoms with Crippen LogP contribution in [0.5, 0.6) is 0 Å². The highest BCUT2D eigenvalue weighted by molar-refractivity contribution is 4.63. The fraction of sp³-hybridized carbons (Fsp3) is 1.00. The molecule has 0 rings (SSSR count). The van der Waals surface area contributed by atoms with Gasteiger partial charge in [-0.3, -0.25) is 0 Å². The molecule has 0 aromatic carbocycles. The standard InChI is InChI=1S/C16H36N2/c1-14(2)12-18(13-15(3)4)11-9-7-8-10-17-16(5)6/h14-17H,7-13H2,1-6H3. The largest absolute Gasteiger partial charge is 0.315 e. The molecule has 0 bridgehead atoms. The van der Waals surface area contributed by atoms with Gasteiger partial charge < -0.3 is 10.2 Å². The van der Waals surface area contributed by atoms with E-state index >= 15 is 0 Å². The third-order valence-electron chi connectivity index (χ3n) is 2.95. The molecule has 2 nitrogen and oxygen atoms in total. The summed E-state index contributed by atoms with van der Waals surface area (Å²) in [5.74, 6) is 1.57. The Bertz CT molecular complexity index is 166. The maximum absolute atomic E-state index is 3.48. The average Bonchev–Trinajstić information content (AvgIpc) is 2.20. The van der Waals surface area contributed by atoms with E-state index in [2.05, 4.69) is 51.8 Å². The molecule has 1 N–H and O–H groups in total. The van der Waals surface area contributed by atoms with E-state index in [9.17, 15) is 0 Å². The van der Waals surface area contributed by atoms with Crippen LogP contribution in [0.3, 0.4) is 0 Å². The lowest BCUT2D eigenvalue weighted by molar-refractivity contribution is 0.215. The van der Waals surface area contributed by atoms with Crippen molar-refractivity contribution < 1.29 is 0 Å². The fourth-order valence-electron chi connectivity index (χ4n) is 2.32. The summed E-state index contributed by atoms with van der Waals surface area (Å²) < 4.78 is 0. The van der Waals surface area contributed by atoms with Crippen molar-refractivity contribution in [3.05, 3.63) is 0 Å². The highest BCUT2D eigenvalue weighted by Crippen LogP contribution is 2.06. The summed E-state index contributed by atoms with van der Waals surface area (Å²) in [5.41, 5.74) is 0. The molecule has 0 unspecified atom stereocenters. The normalized spacial score (nSPS) is 12.3. The molecule has 0 saturated carbocycles. The van der Waals surface area contributed by atoms with E-state index < -0.39 is 0 Å². The van der Waals surface area contributed by atoms with Crippen LogP contribution >= 0.6 is 0 Å². The van der Waals surface area contributed by atoms with Crippen LogP contribution in [0.15, 0.2) is 0 Å². The molecule has 18 heavy (non-hydrogen) atoms. The van der Waals surface area contributed by atoms with E-state index in [-0.39, 0.29) is 0 Å². The van der Waals surface area contributed by atoms with Gasteiger partial charge >= 0.3 is 0 Å². The predicted octanol–water partition coefficient (Wildman–Crippen LogP) is 3.77. The highest BCUT2D eigenvalue weighted by Gasteiger charge is 2.08. The van der Waals surface area contributed by atoms with Crippen LogP contribution in [0.25, 0.3) is 0 Å². The number of nitrogens with one attached hydrogen (secondary N) is 1. The molecule has 0 aliphatic carbocycles. The molecular formula is C16H36N2. The van der Waals surface area contributed by atoms with Crippen LogP contribution in [-0.4, -0.2) is 37.1 Å². The molecule has 0 aromatic rings. The zero-order valence-electron chi connectivity index (χ0n) is 13.6. The smallest absolute Gasteiger partial charge is 0.00103 e. The molecule has 110 valence electrons. The summed E-state index contributed by atoms with van der Waals surface area (Å²) >= 11 is 0. The van der Waals surface area contributed by atoms with E-state index in [4.69, 9.17) is 0 Å². The SMILES string of the molecule is CC(C)CN(CCCCCNC(C)C)CC(C)C. The van der Waals surface area contributed by atoms with Crippen molar-refractivity contribution in [2.24, 2.45) is 11.8 Å². The minimum atomic E-state index is 0.628. The zero-order chi connectivity index (χ0) is 14.0. The van der Waals surface area contributed by atoms with Crippen LogP contribution in [0.4, 0.5) is 0 Å². The van der Waals surface area contributed by atoms with Crippen LogP contribution in [-0.2, 0) is 0 Å². The first-order valence-electron chi connectivity index (χ1n) is 7.87. The van der Waals surface area contributed by atoms with Gasteiger partial charge in [0.05, 0.1) is 0 Å². The Kier molecular flexibility index (Phi) is 10.8. The molecule has 0 saturated heterocycles. The van der Waals surface area contributed by atoms with Gasteiger partial charge in [0.2, 0.25) is 0 Å². The molecule has 2 heteroatoms. The van der Waals surface area contributed by atoms with E-state index in [0.29, 0.717) is 6.04 Å². The van der Waals surface area contributed by atoms with Crippen LogP contribution in [0, 0.1) is 11.8 Å². The molecule has 0 aromatic heterocycles. The lowest BCUT2D eigenvalue weighted by atomic mass is 10.1. The van der Waals surface area contributed by atoms with Crippen molar-refractivity contribution in [3.8, 4) is 0 Å². The second kappa shape index (κ2) is 10.8. The molecular weight excluding hydrogens is 220 g/mol. The van der Waals surface area contributed by atoms with Crippen molar-refractivity contribution in [1.29, 1.82) is 0 Å².